The molecule has 0 bridgehead atoms. The number of thiazole rings is 1. The Morgan fingerprint density at radius 1 is 1.20 bits per heavy atom. The molecule has 0 saturated heterocycles. The minimum absolute atomic E-state index is 0.0415. The highest BCUT2D eigenvalue weighted by Gasteiger charge is 2.34. The number of rotatable bonds is 6. The summed E-state index contributed by atoms with van der Waals surface area (Å²) in [6.07, 6.45) is 13.5. The Morgan fingerprint density at radius 2 is 1.92 bits per heavy atom. The summed E-state index contributed by atoms with van der Waals surface area (Å²) in [5.41, 5.74) is 0. The molecule has 0 aliphatic heterocycles. The van der Waals surface area contributed by atoms with Crippen molar-refractivity contribution in [3.63, 3.8) is 0 Å². The van der Waals surface area contributed by atoms with Crippen LogP contribution >= 0.6 is 11.3 Å². The fourth-order valence-corrected chi connectivity index (χ4v) is 4.72. The Hall–Kier alpha value is -1.14. The van der Waals surface area contributed by atoms with Gasteiger partial charge in [0.05, 0.1) is 6.10 Å². The average Bonchev–Trinajstić information content (AvgIpc) is 3.15. The van der Waals surface area contributed by atoms with Crippen LogP contribution < -0.4 is 5.32 Å². The second kappa shape index (κ2) is 9.53. The molecule has 0 radical (unpaired) electrons. The Morgan fingerprint density at radius 3 is 2.56 bits per heavy atom. The standard InChI is InChI=1S/C19H31N3O2S/c1-2-13-24-17-10-8-16(9-11-17)22(15-6-4-3-5-7-15)19(23)21-18-20-12-14-25-18/h12,14-17H,2-11,13H2,1H3,(H,20,21,23). The van der Waals surface area contributed by atoms with Gasteiger partial charge in [-0.1, -0.05) is 26.2 Å². The van der Waals surface area contributed by atoms with Crippen molar-refractivity contribution >= 4 is 22.5 Å². The molecule has 2 amide bonds. The van der Waals surface area contributed by atoms with E-state index >= 15 is 0 Å². The first-order valence-corrected chi connectivity index (χ1v) is 10.8. The fraction of sp³-hybridized carbons (Fsp3) is 0.789. The molecule has 0 aromatic carbocycles. The maximum absolute atomic E-state index is 13.0. The van der Waals surface area contributed by atoms with Crippen LogP contribution in [0.2, 0.25) is 0 Å². The van der Waals surface area contributed by atoms with Crippen molar-refractivity contribution in [2.45, 2.75) is 89.3 Å². The molecule has 1 aromatic rings. The zero-order valence-electron chi connectivity index (χ0n) is 15.3. The minimum Gasteiger partial charge on any atom is -0.378 e. The quantitative estimate of drug-likeness (QED) is 0.767. The van der Waals surface area contributed by atoms with E-state index in [2.05, 4.69) is 22.1 Å². The Labute approximate surface area is 155 Å². The number of aromatic nitrogens is 1. The van der Waals surface area contributed by atoms with Crippen molar-refractivity contribution in [3.8, 4) is 0 Å². The Kier molecular flexibility index (Phi) is 7.11. The maximum atomic E-state index is 13.0. The van der Waals surface area contributed by atoms with E-state index in [1.807, 2.05) is 5.38 Å². The van der Waals surface area contributed by atoms with Gasteiger partial charge in [0.15, 0.2) is 5.13 Å². The molecule has 25 heavy (non-hydrogen) atoms. The van der Waals surface area contributed by atoms with Crippen molar-refractivity contribution in [2.24, 2.45) is 0 Å². The van der Waals surface area contributed by atoms with Gasteiger partial charge in [-0.25, -0.2) is 9.78 Å². The van der Waals surface area contributed by atoms with Crippen molar-refractivity contribution in [1.82, 2.24) is 9.88 Å². The maximum Gasteiger partial charge on any atom is 0.324 e. The van der Waals surface area contributed by atoms with Crippen LogP contribution in [0.4, 0.5) is 9.93 Å². The fourth-order valence-electron chi connectivity index (χ4n) is 4.20. The van der Waals surface area contributed by atoms with Gasteiger partial charge in [-0.05, 0) is 44.9 Å². The zero-order chi connectivity index (χ0) is 17.5. The molecule has 2 fully saturated rings. The van der Waals surface area contributed by atoms with Gasteiger partial charge >= 0.3 is 6.03 Å². The molecule has 0 spiro atoms. The lowest BCUT2D eigenvalue weighted by atomic mass is 9.88. The monoisotopic (exact) mass is 365 g/mol. The number of carbonyl (C=O) groups excluding carboxylic acids is 1. The summed E-state index contributed by atoms with van der Waals surface area (Å²) in [6.45, 7) is 3.01. The smallest absolute Gasteiger partial charge is 0.324 e. The van der Waals surface area contributed by atoms with Crippen LogP contribution in [0.3, 0.4) is 0 Å². The van der Waals surface area contributed by atoms with E-state index in [-0.39, 0.29) is 6.03 Å². The number of ether oxygens (including phenoxy) is 1. The van der Waals surface area contributed by atoms with Crippen LogP contribution in [0.1, 0.15) is 71.1 Å². The zero-order valence-corrected chi connectivity index (χ0v) is 16.1. The Bertz CT molecular complexity index is 509. The molecule has 0 unspecified atom stereocenters. The minimum atomic E-state index is 0.0415. The van der Waals surface area contributed by atoms with E-state index in [9.17, 15) is 4.79 Å². The molecule has 1 heterocycles. The number of nitrogens with zero attached hydrogens (tertiary/aromatic N) is 2. The average molecular weight is 366 g/mol. The number of nitrogens with one attached hydrogen (secondary N) is 1. The first-order chi connectivity index (χ1) is 12.3. The lowest BCUT2D eigenvalue weighted by molar-refractivity contribution is 0.00648. The predicted octanol–water partition coefficient (Wildman–Crippen LogP) is 5.05. The molecule has 6 heteroatoms. The van der Waals surface area contributed by atoms with Gasteiger partial charge in [-0.15, -0.1) is 11.3 Å². The van der Waals surface area contributed by atoms with Gasteiger partial charge in [0.25, 0.3) is 0 Å². The van der Waals surface area contributed by atoms with Crippen LogP contribution in [0.25, 0.3) is 0 Å². The van der Waals surface area contributed by atoms with E-state index in [1.165, 1.54) is 30.6 Å². The molecular weight excluding hydrogens is 334 g/mol. The highest BCUT2D eigenvalue weighted by Crippen LogP contribution is 2.32. The molecule has 2 aliphatic carbocycles. The normalized spacial score (nSPS) is 24.8. The van der Waals surface area contributed by atoms with Crippen molar-refractivity contribution < 1.29 is 9.53 Å². The third-order valence-electron chi connectivity index (χ3n) is 5.44. The molecule has 2 aliphatic rings. The Balaban J connectivity index is 1.63. The highest BCUT2D eigenvalue weighted by atomic mass is 32.1. The second-order valence-corrected chi connectivity index (χ2v) is 8.16. The van der Waals surface area contributed by atoms with Crippen LogP contribution in [0, 0.1) is 0 Å². The summed E-state index contributed by atoms with van der Waals surface area (Å²) in [5, 5.41) is 5.62. The summed E-state index contributed by atoms with van der Waals surface area (Å²) in [4.78, 5) is 19.4. The van der Waals surface area contributed by atoms with Crippen LogP contribution in [0.5, 0.6) is 0 Å². The van der Waals surface area contributed by atoms with E-state index < -0.39 is 0 Å². The van der Waals surface area contributed by atoms with E-state index in [0.717, 1.165) is 51.6 Å². The van der Waals surface area contributed by atoms with Gasteiger partial charge in [-0.2, -0.15) is 0 Å². The SMILES string of the molecule is CCCOC1CCC(N(C(=O)Nc2nccs2)C2CCCCC2)CC1. The highest BCUT2D eigenvalue weighted by molar-refractivity contribution is 7.13. The number of amides is 2. The first kappa shape index (κ1) is 18.6. The summed E-state index contributed by atoms with van der Waals surface area (Å²) >= 11 is 1.48. The molecule has 2 saturated carbocycles. The molecule has 0 atom stereocenters. The third kappa shape index (κ3) is 5.17. The predicted molar refractivity (Wildman–Crippen MR) is 102 cm³/mol. The summed E-state index contributed by atoms with van der Waals surface area (Å²) in [5.74, 6) is 0. The molecule has 140 valence electrons. The van der Waals surface area contributed by atoms with Crippen molar-refractivity contribution in [1.29, 1.82) is 0 Å². The lowest BCUT2D eigenvalue weighted by Crippen LogP contribution is -2.51. The summed E-state index contributed by atoms with van der Waals surface area (Å²) < 4.78 is 5.92. The summed E-state index contributed by atoms with van der Waals surface area (Å²) in [6, 6.07) is 0.760. The van der Waals surface area contributed by atoms with E-state index in [1.54, 1.807) is 6.20 Å². The lowest BCUT2D eigenvalue weighted by Gasteiger charge is -2.42. The van der Waals surface area contributed by atoms with Gasteiger partial charge in [0, 0.05) is 30.3 Å². The summed E-state index contributed by atoms with van der Waals surface area (Å²) in [7, 11) is 0. The van der Waals surface area contributed by atoms with E-state index in [0.29, 0.717) is 23.3 Å². The van der Waals surface area contributed by atoms with E-state index in [4.69, 9.17) is 4.74 Å². The topological polar surface area (TPSA) is 54.5 Å². The number of anilines is 1. The number of carbonyl (C=O) groups is 1. The molecule has 1 N–H and O–H groups in total. The number of hydrogen-bond acceptors (Lipinski definition) is 4. The van der Waals surface area contributed by atoms with Crippen LogP contribution in [-0.4, -0.2) is 40.7 Å². The van der Waals surface area contributed by atoms with Gasteiger partial charge in [0.2, 0.25) is 0 Å². The third-order valence-corrected chi connectivity index (χ3v) is 6.13. The largest absolute Gasteiger partial charge is 0.378 e. The van der Waals surface area contributed by atoms with Gasteiger partial charge in [0.1, 0.15) is 0 Å². The molecule has 5 nitrogen and oxygen atoms in total. The van der Waals surface area contributed by atoms with Gasteiger partial charge in [-0.3, -0.25) is 5.32 Å². The van der Waals surface area contributed by atoms with Crippen molar-refractivity contribution in [3.05, 3.63) is 11.6 Å². The molecule has 1 aromatic heterocycles. The van der Waals surface area contributed by atoms with Crippen LogP contribution in [-0.2, 0) is 4.74 Å². The van der Waals surface area contributed by atoms with Gasteiger partial charge < -0.3 is 9.64 Å². The first-order valence-electron chi connectivity index (χ1n) is 9.88. The molecule has 3 rings (SSSR count). The number of urea groups is 1. The second-order valence-electron chi connectivity index (χ2n) is 7.27. The van der Waals surface area contributed by atoms with Crippen molar-refractivity contribution in [2.75, 3.05) is 11.9 Å². The molecular formula is C19H31N3O2S. The number of hydrogen-bond donors (Lipinski definition) is 1. The van der Waals surface area contributed by atoms with Crippen LogP contribution in [0.15, 0.2) is 11.6 Å².